The van der Waals surface area contributed by atoms with Gasteiger partial charge in [0.1, 0.15) is 0 Å². The van der Waals surface area contributed by atoms with Crippen molar-refractivity contribution in [2.24, 2.45) is 7.05 Å². The van der Waals surface area contributed by atoms with Crippen molar-refractivity contribution in [3.63, 3.8) is 0 Å². The fraction of sp³-hybridized carbons (Fsp3) is 0.812. The van der Waals surface area contributed by atoms with E-state index in [1.807, 2.05) is 11.7 Å². The molecular formula is C16H27N3O2. The van der Waals surface area contributed by atoms with E-state index in [2.05, 4.69) is 16.9 Å². The standard InChI is InChI=1S/C16H27N3O2/c1-12-15(16(20-3)18(2)17-12)14-8-6-9-19(14)11-13-7-4-5-10-21-13/h13-14H,4-11H2,1-3H3/t13-,14-/m0/s1. The summed E-state index contributed by atoms with van der Waals surface area (Å²) in [4.78, 5) is 2.57. The molecule has 2 aliphatic rings. The number of likely N-dealkylation sites (tertiary alicyclic amines) is 1. The van der Waals surface area contributed by atoms with Gasteiger partial charge in [0, 0.05) is 26.2 Å². The molecule has 5 heteroatoms. The van der Waals surface area contributed by atoms with Gasteiger partial charge in [-0.3, -0.25) is 4.90 Å². The molecule has 3 rings (SSSR count). The highest BCUT2D eigenvalue weighted by atomic mass is 16.5. The molecule has 0 spiro atoms. The minimum atomic E-state index is 0.405. The van der Waals surface area contributed by atoms with Gasteiger partial charge in [0.15, 0.2) is 0 Å². The first-order valence-electron chi connectivity index (χ1n) is 8.14. The van der Waals surface area contributed by atoms with Gasteiger partial charge in [-0.15, -0.1) is 0 Å². The van der Waals surface area contributed by atoms with Gasteiger partial charge in [0.2, 0.25) is 5.88 Å². The summed E-state index contributed by atoms with van der Waals surface area (Å²) in [7, 11) is 3.70. The van der Waals surface area contributed by atoms with E-state index >= 15 is 0 Å². The molecule has 0 radical (unpaired) electrons. The Balaban J connectivity index is 1.77. The Morgan fingerprint density at radius 2 is 2.14 bits per heavy atom. The van der Waals surface area contributed by atoms with E-state index in [1.165, 1.54) is 37.7 Å². The summed E-state index contributed by atoms with van der Waals surface area (Å²) in [5.41, 5.74) is 2.36. The molecule has 1 aromatic heterocycles. The number of methoxy groups -OCH3 is 1. The van der Waals surface area contributed by atoms with E-state index in [0.29, 0.717) is 12.1 Å². The molecule has 0 amide bonds. The quantitative estimate of drug-likeness (QED) is 0.855. The second kappa shape index (κ2) is 6.36. The molecule has 118 valence electrons. The Kier molecular flexibility index (Phi) is 4.50. The first-order chi connectivity index (χ1) is 10.2. The highest BCUT2D eigenvalue weighted by Gasteiger charge is 2.33. The zero-order chi connectivity index (χ0) is 14.8. The molecule has 0 bridgehead atoms. The predicted octanol–water partition coefficient (Wildman–Crippen LogP) is 2.44. The van der Waals surface area contributed by atoms with Crippen LogP contribution in [0.5, 0.6) is 5.88 Å². The number of aryl methyl sites for hydroxylation is 2. The van der Waals surface area contributed by atoms with Crippen molar-refractivity contribution < 1.29 is 9.47 Å². The fourth-order valence-corrected chi connectivity index (χ4v) is 3.86. The molecule has 2 fully saturated rings. The van der Waals surface area contributed by atoms with Gasteiger partial charge in [-0.25, -0.2) is 4.68 Å². The molecule has 0 aromatic carbocycles. The van der Waals surface area contributed by atoms with Crippen LogP contribution < -0.4 is 4.74 Å². The molecule has 2 saturated heterocycles. The Hall–Kier alpha value is -1.07. The lowest BCUT2D eigenvalue weighted by atomic mass is 10.0. The summed E-state index contributed by atoms with van der Waals surface area (Å²) in [6.07, 6.45) is 6.56. The Morgan fingerprint density at radius 1 is 1.29 bits per heavy atom. The molecule has 1 aromatic rings. The molecule has 0 N–H and O–H groups in total. The van der Waals surface area contributed by atoms with Crippen LogP contribution in [0.1, 0.15) is 49.4 Å². The average Bonchev–Trinajstić information content (AvgIpc) is 3.03. The molecule has 2 aliphatic heterocycles. The summed E-state index contributed by atoms with van der Waals surface area (Å²) in [6.45, 7) is 5.22. The first-order valence-corrected chi connectivity index (χ1v) is 8.14. The molecule has 3 heterocycles. The highest BCUT2D eigenvalue weighted by molar-refractivity contribution is 5.35. The first kappa shape index (κ1) is 14.9. The van der Waals surface area contributed by atoms with Gasteiger partial charge in [-0.05, 0) is 45.6 Å². The van der Waals surface area contributed by atoms with E-state index in [4.69, 9.17) is 9.47 Å². The Labute approximate surface area is 127 Å². The van der Waals surface area contributed by atoms with Crippen molar-refractivity contribution in [1.29, 1.82) is 0 Å². The summed E-state index contributed by atoms with van der Waals surface area (Å²) >= 11 is 0. The molecule has 5 nitrogen and oxygen atoms in total. The van der Waals surface area contributed by atoms with Crippen molar-refractivity contribution >= 4 is 0 Å². The number of nitrogens with zero attached hydrogens (tertiary/aromatic N) is 3. The summed E-state index contributed by atoms with van der Waals surface area (Å²) < 4.78 is 13.4. The topological polar surface area (TPSA) is 39.5 Å². The summed E-state index contributed by atoms with van der Waals surface area (Å²) in [5, 5.41) is 4.54. The smallest absolute Gasteiger partial charge is 0.216 e. The van der Waals surface area contributed by atoms with Gasteiger partial charge >= 0.3 is 0 Å². The number of hydrogen-bond acceptors (Lipinski definition) is 4. The molecule has 2 atom stereocenters. The minimum Gasteiger partial charge on any atom is -0.481 e. The SMILES string of the molecule is COc1c([C@@H]2CCCN2C[C@@H]2CCCCO2)c(C)nn1C. The van der Waals surface area contributed by atoms with Crippen LogP contribution in [-0.2, 0) is 11.8 Å². The van der Waals surface area contributed by atoms with Crippen LogP contribution in [0.25, 0.3) is 0 Å². The predicted molar refractivity (Wildman–Crippen MR) is 81.6 cm³/mol. The van der Waals surface area contributed by atoms with Crippen molar-refractivity contribution in [3.05, 3.63) is 11.3 Å². The third-order valence-corrected chi connectivity index (χ3v) is 4.82. The molecule has 0 aliphatic carbocycles. The Bertz CT molecular complexity index is 480. The minimum absolute atomic E-state index is 0.405. The monoisotopic (exact) mass is 293 g/mol. The number of hydrogen-bond donors (Lipinski definition) is 0. The molecular weight excluding hydrogens is 266 g/mol. The van der Waals surface area contributed by atoms with Gasteiger partial charge in [-0.2, -0.15) is 5.10 Å². The fourth-order valence-electron chi connectivity index (χ4n) is 3.86. The van der Waals surface area contributed by atoms with Crippen molar-refractivity contribution in [1.82, 2.24) is 14.7 Å². The maximum Gasteiger partial charge on any atom is 0.216 e. The molecule has 0 saturated carbocycles. The summed E-state index contributed by atoms with van der Waals surface area (Å²) in [5.74, 6) is 0.911. The van der Waals surface area contributed by atoms with E-state index in [9.17, 15) is 0 Å². The second-order valence-electron chi connectivity index (χ2n) is 6.27. The normalized spacial score (nSPS) is 27.2. The maximum atomic E-state index is 5.92. The average molecular weight is 293 g/mol. The third-order valence-electron chi connectivity index (χ3n) is 4.82. The van der Waals surface area contributed by atoms with E-state index < -0.39 is 0 Å². The van der Waals surface area contributed by atoms with Crippen molar-refractivity contribution in [2.75, 3.05) is 26.8 Å². The van der Waals surface area contributed by atoms with E-state index in [1.54, 1.807) is 7.11 Å². The third kappa shape index (κ3) is 2.94. The van der Waals surface area contributed by atoms with Crippen LogP contribution in [0, 0.1) is 6.92 Å². The lowest BCUT2D eigenvalue weighted by Crippen LogP contribution is -2.35. The second-order valence-corrected chi connectivity index (χ2v) is 6.27. The van der Waals surface area contributed by atoms with Crippen molar-refractivity contribution in [2.45, 2.75) is 51.2 Å². The van der Waals surface area contributed by atoms with Crippen LogP contribution in [0.15, 0.2) is 0 Å². The van der Waals surface area contributed by atoms with Gasteiger partial charge in [0.25, 0.3) is 0 Å². The van der Waals surface area contributed by atoms with Crippen molar-refractivity contribution in [3.8, 4) is 5.88 Å². The summed E-state index contributed by atoms with van der Waals surface area (Å²) in [6, 6.07) is 0.430. The largest absolute Gasteiger partial charge is 0.481 e. The van der Waals surface area contributed by atoms with Crippen LogP contribution >= 0.6 is 0 Å². The van der Waals surface area contributed by atoms with Crippen LogP contribution in [0.4, 0.5) is 0 Å². The van der Waals surface area contributed by atoms with Crippen LogP contribution in [-0.4, -0.2) is 47.6 Å². The number of rotatable bonds is 4. The highest BCUT2D eigenvalue weighted by Crippen LogP contribution is 2.39. The van der Waals surface area contributed by atoms with Crippen LogP contribution in [0.2, 0.25) is 0 Å². The number of aromatic nitrogens is 2. The lowest BCUT2D eigenvalue weighted by Gasteiger charge is -2.31. The van der Waals surface area contributed by atoms with Gasteiger partial charge < -0.3 is 9.47 Å². The van der Waals surface area contributed by atoms with Gasteiger partial charge in [-0.1, -0.05) is 0 Å². The van der Waals surface area contributed by atoms with Crippen LogP contribution in [0.3, 0.4) is 0 Å². The maximum absolute atomic E-state index is 5.92. The number of ether oxygens (including phenoxy) is 2. The molecule has 21 heavy (non-hydrogen) atoms. The lowest BCUT2D eigenvalue weighted by molar-refractivity contribution is -0.00823. The van der Waals surface area contributed by atoms with Gasteiger partial charge in [0.05, 0.1) is 24.5 Å². The Morgan fingerprint density at radius 3 is 2.86 bits per heavy atom. The van der Waals surface area contributed by atoms with E-state index in [-0.39, 0.29) is 0 Å². The molecule has 0 unspecified atom stereocenters. The zero-order valence-corrected chi connectivity index (χ0v) is 13.5. The zero-order valence-electron chi connectivity index (χ0n) is 13.5. The van der Waals surface area contributed by atoms with E-state index in [0.717, 1.165) is 31.3 Å².